The van der Waals surface area contributed by atoms with Crippen LogP contribution in [-0.2, 0) is 0 Å². The Bertz CT molecular complexity index is 625. The number of carbonyl (C=O) groups is 2. The highest BCUT2D eigenvalue weighted by Crippen LogP contribution is 2.31. The summed E-state index contributed by atoms with van der Waals surface area (Å²) >= 11 is 0. The van der Waals surface area contributed by atoms with E-state index in [1.165, 1.54) is 0 Å². The van der Waals surface area contributed by atoms with E-state index in [-0.39, 0.29) is 11.9 Å². The zero-order valence-corrected chi connectivity index (χ0v) is 15.4. The highest BCUT2D eigenvalue weighted by Gasteiger charge is 2.26. The molecule has 1 aliphatic rings. The number of nitrogens with one attached hydrogen (secondary N) is 1. The molecule has 1 N–H and O–H groups in total. The van der Waals surface area contributed by atoms with Gasteiger partial charge in [-0.2, -0.15) is 0 Å². The fourth-order valence-corrected chi connectivity index (χ4v) is 2.84. The second-order valence-electron chi connectivity index (χ2n) is 6.03. The maximum absolute atomic E-state index is 12.8. The largest absolute Gasteiger partial charge is 0.493 e. The molecule has 0 aromatic heterocycles. The summed E-state index contributed by atoms with van der Waals surface area (Å²) in [6.07, 6.45) is 0.906. The molecule has 0 unspecified atom stereocenters. The normalized spacial score (nSPS) is 14.2. The molecule has 1 aliphatic heterocycles. The topological polar surface area (TPSA) is 71.1 Å². The van der Waals surface area contributed by atoms with Gasteiger partial charge in [-0.3, -0.25) is 4.79 Å². The minimum absolute atomic E-state index is 0.0490. The molecule has 3 amide bonds. The number of aryl methyl sites for hydroxylation is 1. The SMILES string of the molecule is CCCNC(=O)N1CCN(C(=O)c2cc(OC)c(OC)cc2C)CC1. The molecule has 0 bridgehead atoms. The van der Waals surface area contributed by atoms with Crippen molar-refractivity contribution in [3.63, 3.8) is 0 Å². The van der Waals surface area contributed by atoms with Crippen molar-refractivity contribution in [1.82, 2.24) is 15.1 Å². The van der Waals surface area contributed by atoms with Gasteiger partial charge in [-0.25, -0.2) is 4.79 Å². The van der Waals surface area contributed by atoms with E-state index in [0.717, 1.165) is 12.0 Å². The van der Waals surface area contributed by atoms with E-state index < -0.39 is 0 Å². The molecule has 1 fully saturated rings. The van der Waals surface area contributed by atoms with Crippen LogP contribution in [-0.4, -0.2) is 68.7 Å². The molecule has 1 aromatic rings. The van der Waals surface area contributed by atoms with Crippen LogP contribution in [0.15, 0.2) is 12.1 Å². The lowest BCUT2D eigenvalue weighted by Crippen LogP contribution is -2.53. The molecule has 1 aromatic carbocycles. The molecule has 7 heteroatoms. The zero-order valence-electron chi connectivity index (χ0n) is 15.4. The monoisotopic (exact) mass is 349 g/mol. The molecule has 25 heavy (non-hydrogen) atoms. The summed E-state index contributed by atoms with van der Waals surface area (Å²) < 4.78 is 10.6. The van der Waals surface area contributed by atoms with Gasteiger partial charge in [-0.1, -0.05) is 6.92 Å². The predicted molar refractivity (Wildman–Crippen MR) is 95.4 cm³/mol. The first-order valence-corrected chi connectivity index (χ1v) is 8.56. The van der Waals surface area contributed by atoms with Crippen LogP contribution in [0, 0.1) is 6.92 Å². The summed E-state index contributed by atoms with van der Waals surface area (Å²) in [7, 11) is 3.12. The molecule has 0 aliphatic carbocycles. The van der Waals surface area contributed by atoms with Crippen LogP contribution < -0.4 is 14.8 Å². The van der Waals surface area contributed by atoms with Crippen LogP contribution >= 0.6 is 0 Å². The van der Waals surface area contributed by atoms with Crippen molar-refractivity contribution in [2.75, 3.05) is 46.9 Å². The first-order chi connectivity index (χ1) is 12.0. The third-order valence-corrected chi connectivity index (χ3v) is 4.34. The third-order valence-electron chi connectivity index (χ3n) is 4.34. The van der Waals surface area contributed by atoms with Gasteiger partial charge >= 0.3 is 6.03 Å². The zero-order chi connectivity index (χ0) is 18.4. The van der Waals surface area contributed by atoms with E-state index in [2.05, 4.69) is 5.32 Å². The van der Waals surface area contributed by atoms with Crippen LogP contribution in [0.2, 0.25) is 0 Å². The number of hydrogen-bond acceptors (Lipinski definition) is 4. The lowest BCUT2D eigenvalue weighted by Gasteiger charge is -2.35. The van der Waals surface area contributed by atoms with Gasteiger partial charge in [0.15, 0.2) is 11.5 Å². The standard InChI is InChI=1S/C18H27N3O4/c1-5-6-19-18(23)21-9-7-20(8-10-21)17(22)14-12-16(25-4)15(24-3)11-13(14)2/h11-12H,5-10H2,1-4H3,(H,19,23). The number of amides is 3. The number of hydrogen-bond donors (Lipinski definition) is 1. The number of benzene rings is 1. The fraction of sp³-hybridized carbons (Fsp3) is 0.556. The molecule has 138 valence electrons. The van der Waals surface area contributed by atoms with Crippen molar-refractivity contribution in [2.45, 2.75) is 20.3 Å². The number of urea groups is 1. The van der Waals surface area contributed by atoms with Crippen LogP contribution in [0.4, 0.5) is 4.79 Å². The lowest BCUT2D eigenvalue weighted by atomic mass is 10.1. The fourth-order valence-electron chi connectivity index (χ4n) is 2.84. The molecule has 2 rings (SSSR count). The Labute approximate surface area is 148 Å². The van der Waals surface area contributed by atoms with Gasteiger partial charge in [0, 0.05) is 38.3 Å². The number of nitrogens with zero attached hydrogens (tertiary/aromatic N) is 2. The Morgan fingerprint density at radius 1 is 1.04 bits per heavy atom. The maximum atomic E-state index is 12.8. The van der Waals surface area contributed by atoms with Crippen LogP contribution in [0.25, 0.3) is 0 Å². The molecular weight excluding hydrogens is 322 g/mol. The Kier molecular flexibility index (Phi) is 6.50. The summed E-state index contributed by atoms with van der Waals surface area (Å²) in [4.78, 5) is 28.4. The van der Waals surface area contributed by atoms with Crippen molar-refractivity contribution in [2.24, 2.45) is 0 Å². The average Bonchev–Trinajstić information content (AvgIpc) is 2.65. The smallest absolute Gasteiger partial charge is 0.317 e. The van der Waals surface area contributed by atoms with Crippen molar-refractivity contribution in [3.8, 4) is 11.5 Å². The van der Waals surface area contributed by atoms with E-state index in [4.69, 9.17) is 9.47 Å². The Balaban J connectivity index is 2.04. The van der Waals surface area contributed by atoms with Crippen LogP contribution in [0.1, 0.15) is 29.3 Å². The van der Waals surface area contributed by atoms with E-state index in [1.807, 2.05) is 13.8 Å². The number of rotatable bonds is 5. The molecule has 1 heterocycles. The molecule has 7 nitrogen and oxygen atoms in total. The second-order valence-corrected chi connectivity index (χ2v) is 6.03. The molecule has 0 atom stereocenters. The molecule has 0 spiro atoms. The van der Waals surface area contributed by atoms with Crippen LogP contribution in [0.3, 0.4) is 0 Å². The van der Waals surface area contributed by atoms with Gasteiger partial charge in [0.05, 0.1) is 14.2 Å². The molecule has 1 saturated heterocycles. The highest BCUT2D eigenvalue weighted by atomic mass is 16.5. The second kappa shape index (κ2) is 8.60. The van der Waals surface area contributed by atoms with Gasteiger partial charge in [0.2, 0.25) is 0 Å². The molecule has 0 radical (unpaired) electrons. The van der Waals surface area contributed by atoms with E-state index in [1.54, 1.807) is 36.2 Å². The van der Waals surface area contributed by atoms with E-state index >= 15 is 0 Å². The van der Waals surface area contributed by atoms with Crippen molar-refractivity contribution in [1.29, 1.82) is 0 Å². The van der Waals surface area contributed by atoms with Gasteiger partial charge < -0.3 is 24.6 Å². The summed E-state index contributed by atoms with van der Waals surface area (Å²) in [6, 6.07) is 3.47. The Morgan fingerprint density at radius 2 is 1.60 bits per heavy atom. The number of carbonyl (C=O) groups excluding carboxylic acids is 2. The molecule has 0 saturated carbocycles. The van der Waals surface area contributed by atoms with Gasteiger partial charge in [-0.15, -0.1) is 0 Å². The number of piperazine rings is 1. The number of methoxy groups -OCH3 is 2. The van der Waals surface area contributed by atoms with E-state index in [9.17, 15) is 9.59 Å². The first kappa shape index (κ1) is 18.9. The Hall–Kier alpha value is -2.44. The maximum Gasteiger partial charge on any atom is 0.317 e. The Morgan fingerprint density at radius 3 is 2.16 bits per heavy atom. The van der Waals surface area contributed by atoms with E-state index in [0.29, 0.717) is 49.8 Å². The minimum Gasteiger partial charge on any atom is -0.493 e. The summed E-state index contributed by atoms with van der Waals surface area (Å²) in [5.41, 5.74) is 1.44. The summed E-state index contributed by atoms with van der Waals surface area (Å²) in [6.45, 7) is 6.67. The average molecular weight is 349 g/mol. The van der Waals surface area contributed by atoms with Crippen LogP contribution in [0.5, 0.6) is 11.5 Å². The number of ether oxygens (including phenoxy) is 2. The van der Waals surface area contributed by atoms with Gasteiger partial charge in [0.1, 0.15) is 0 Å². The summed E-state index contributed by atoms with van der Waals surface area (Å²) in [5.74, 6) is 1.09. The predicted octanol–water partition coefficient (Wildman–Crippen LogP) is 1.89. The lowest BCUT2D eigenvalue weighted by molar-refractivity contribution is 0.0664. The minimum atomic E-state index is -0.0590. The van der Waals surface area contributed by atoms with Crippen molar-refractivity contribution in [3.05, 3.63) is 23.3 Å². The van der Waals surface area contributed by atoms with Gasteiger partial charge in [-0.05, 0) is 31.0 Å². The quantitative estimate of drug-likeness (QED) is 0.881. The van der Waals surface area contributed by atoms with Crippen molar-refractivity contribution >= 4 is 11.9 Å². The highest BCUT2D eigenvalue weighted by molar-refractivity contribution is 5.96. The van der Waals surface area contributed by atoms with Crippen molar-refractivity contribution < 1.29 is 19.1 Å². The molecular formula is C18H27N3O4. The van der Waals surface area contributed by atoms with Gasteiger partial charge in [0.25, 0.3) is 5.91 Å². The third kappa shape index (κ3) is 4.35. The first-order valence-electron chi connectivity index (χ1n) is 8.56. The summed E-state index contributed by atoms with van der Waals surface area (Å²) in [5, 5.41) is 2.87.